The minimum absolute atomic E-state index is 0.0373. The van der Waals surface area contributed by atoms with Crippen molar-refractivity contribution in [3.8, 4) is 11.5 Å². The SMILES string of the molecule is O=CC1=C(c2ccc(O)c(Br)c2)/C(=C/c2ccc(O)c(Br)c2)OC1=O. The van der Waals surface area contributed by atoms with Crippen molar-refractivity contribution < 1.29 is 24.5 Å². The Morgan fingerprint density at radius 2 is 1.60 bits per heavy atom. The lowest BCUT2D eigenvalue weighted by atomic mass is 9.99. The maximum atomic E-state index is 12.0. The number of aldehydes is 1. The molecule has 2 aromatic rings. The summed E-state index contributed by atoms with van der Waals surface area (Å²) in [4.78, 5) is 23.4. The van der Waals surface area contributed by atoms with E-state index in [1.165, 1.54) is 12.1 Å². The number of hydrogen-bond donors (Lipinski definition) is 2. The molecule has 0 spiro atoms. The number of carbonyl (C=O) groups is 2. The first-order valence-corrected chi connectivity index (χ1v) is 8.60. The second-order valence-electron chi connectivity index (χ2n) is 5.18. The Morgan fingerprint density at radius 3 is 2.20 bits per heavy atom. The molecule has 1 aliphatic rings. The summed E-state index contributed by atoms with van der Waals surface area (Å²) in [6.45, 7) is 0. The van der Waals surface area contributed by atoms with Gasteiger partial charge in [0.15, 0.2) is 6.29 Å². The summed E-state index contributed by atoms with van der Waals surface area (Å²) < 4.78 is 6.15. The monoisotopic (exact) mass is 464 g/mol. The Kier molecular flexibility index (Phi) is 4.78. The molecule has 126 valence electrons. The van der Waals surface area contributed by atoms with Crippen molar-refractivity contribution in [2.45, 2.75) is 0 Å². The first-order chi connectivity index (χ1) is 11.9. The molecule has 0 radical (unpaired) electrons. The van der Waals surface area contributed by atoms with Gasteiger partial charge in [0.2, 0.25) is 0 Å². The van der Waals surface area contributed by atoms with E-state index < -0.39 is 5.97 Å². The van der Waals surface area contributed by atoms with Gasteiger partial charge in [-0.2, -0.15) is 0 Å². The van der Waals surface area contributed by atoms with Gasteiger partial charge in [-0.25, -0.2) is 4.79 Å². The Hall–Kier alpha value is -2.38. The molecule has 0 bridgehead atoms. The van der Waals surface area contributed by atoms with E-state index in [-0.39, 0.29) is 22.8 Å². The van der Waals surface area contributed by atoms with Gasteiger partial charge >= 0.3 is 5.97 Å². The second-order valence-corrected chi connectivity index (χ2v) is 6.89. The molecular weight excluding hydrogens is 456 g/mol. The van der Waals surface area contributed by atoms with Gasteiger partial charge in [0.05, 0.1) is 8.95 Å². The minimum atomic E-state index is -0.738. The number of ether oxygens (including phenoxy) is 1. The molecular formula is C18H10Br2O5. The number of aromatic hydroxyl groups is 2. The predicted molar refractivity (Wildman–Crippen MR) is 98.7 cm³/mol. The van der Waals surface area contributed by atoms with Gasteiger partial charge in [0, 0.05) is 5.57 Å². The van der Waals surface area contributed by atoms with Crippen LogP contribution < -0.4 is 0 Å². The van der Waals surface area contributed by atoms with Crippen molar-refractivity contribution in [1.82, 2.24) is 0 Å². The average molecular weight is 466 g/mol. The summed E-state index contributed by atoms with van der Waals surface area (Å²) in [7, 11) is 0. The number of benzene rings is 2. The van der Waals surface area contributed by atoms with Crippen LogP contribution in [0, 0.1) is 0 Å². The van der Waals surface area contributed by atoms with E-state index in [2.05, 4.69) is 31.9 Å². The van der Waals surface area contributed by atoms with Crippen LogP contribution in [-0.4, -0.2) is 22.5 Å². The van der Waals surface area contributed by atoms with E-state index in [1.807, 2.05) is 0 Å². The molecule has 1 heterocycles. The fourth-order valence-corrected chi connectivity index (χ4v) is 3.15. The smallest absolute Gasteiger partial charge is 0.347 e. The summed E-state index contributed by atoms with van der Waals surface area (Å²) in [5.74, 6) is -0.409. The summed E-state index contributed by atoms with van der Waals surface area (Å²) >= 11 is 6.44. The quantitative estimate of drug-likeness (QED) is 0.403. The molecule has 7 heteroatoms. The highest BCUT2D eigenvalue weighted by atomic mass is 79.9. The van der Waals surface area contributed by atoms with E-state index in [4.69, 9.17) is 4.74 Å². The number of hydrogen-bond acceptors (Lipinski definition) is 5. The Balaban J connectivity index is 2.15. The summed E-state index contributed by atoms with van der Waals surface area (Å²) in [6, 6.07) is 9.42. The van der Waals surface area contributed by atoms with Gasteiger partial charge in [-0.3, -0.25) is 4.79 Å². The molecule has 2 N–H and O–H groups in total. The predicted octanol–water partition coefficient (Wildman–Crippen LogP) is 4.17. The molecule has 0 amide bonds. The fraction of sp³-hybridized carbons (Fsp3) is 0. The molecule has 2 aromatic carbocycles. The van der Waals surface area contributed by atoms with Crippen LogP contribution in [0.2, 0.25) is 0 Å². The Bertz CT molecular complexity index is 960. The molecule has 0 fully saturated rings. The number of rotatable bonds is 3. The van der Waals surface area contributed by atoms with Crippen LogP contribution in [0.15, 0.2) is 56.7 Å². The van der Waals surface area contributed by atoms with Crippen LogP contribution in [0.1, 0.15) is 11.1 Å². The molecule has 0 atom stereocenters. The first kappa shape index (κ1) is 17.4. The third-order valence-electron chi connectivity index (χ3n) is 3.56. The zero-order valence-electron chi connectivity index (χ0n) is 12.5. The number of allylic oxidation sites excluding steroid dienone is 1. The van der Waals surface area contributed by atoms with Crippen LogP contribution >= 0.6 is 31.9 Å². The first-order valence-electron chi connectivity index (χ1n) is 7.02. The zero-order valence-corrected chi connectivity index (χ0v) is 15.7. The van der Waals surface area contributed by atoms with E-state index >= 15 is 0 Å². The average Bonchev–Trinajstić information content (AvgIpc) is 2.88. The van der Waals surface area contributed by atoms with Gasteiger partial charge in [-0.1, -0.05) is 12.1 Å². The fourth-order valence-electron chi connectivity index (χ4n) is 2.37. The third-order valence-corrected chi connectivity index (χ3v) is 4.83. The summed E-state index contributed by atoms with van der Waals surface area (Å²) in [5.41, 5.74) is 1.45. The van der Waals surface area contributed by atoms with E-state index in [1.54, 1.807) is 30.3 Å². The molecule has 0 aromatic heterocycles. The number of carbonyl (C=O) groups excluding carboxylic acids is 2. The largest absolute Gasteiger partial charge is 0.507 e. The van der Waals surface area contributed by atoms with Crippen LogP contribution in [0.4, 0.5) is 0 Å². The lowest BCUT2D eigenvalue weighted by molar-refractivity contribution is -0.133. The van der Waals surface area contributed by atoms with Gasteiger partial charge in [-0.15, -0.1) is 0 Å². The zero-order chi connectivity index (χ0) is 18.1. The number of esters is 1. The second kappa shape index (κ2) is 6.85. The number of cyclic esters (lactones) is 1. The van der Waals surface area contributed by atoms with Crippen molar-refractivity contribution in [3.05, 3.63) is 67.8 Å². The molecule has 0 saturated carbocycles. The van der Waals surface area contributed by atoms with E-state index in [9.17, 15) is 19.8 Å². The third kappa shape index (κ3) is 3.38. The molecule has 0 saturated heterocycles. The molecule has 0 aliphatic carbocycles. The lowest BCUT2D eigenvalue weighted by Gasteiger charge is -2.07. The lowest BCUT2D eigenvalue weighted by Crippen LogP contribution is -1.99. The maximum absolute atomic E-state index is 12.0. The van der Waals surface area contributed by atoms with Crippen molar-refractivity contribution in [1.29, 1.82) is 0 Å². The molecule has 1 aliphatic heterocycles. The molecule has 0 unspecified atom stereocenters. The highest BCUT2D eigenvalue weighted by molar-refractivity contribution is 9.10. The molecule has 5 nitrogen and oxygen atoms in total. The van der Waals surface area contributed by atoms with Crippen LogP contribution in [-0.2, 0) is 14.3 Å². The van der Waals surface area contributed by atoms with Crippen LogP contribution in [0.25, 0.3) is 11.6 Å². The van der Waals surface area contributed by atoms with Crippen LogP contribution in [0.3, 0.4) is 0 Å². The highest BCUT2D eigenvalue weighted by Gasteiger charge is 2.31. The van der Waals surface area contributed by atoms with Crippen molar-refractivity contribution in [2.24, 2.45) is 0 Å². The van der Waals surface area contributed by atoms with Crippen molar-refractivity contribution in [2.75, 3.05) is 0 Å². The van der Waals surface area contributed by atoms with E-state index in [0.717, 1.165) is 0 Å². The van der Waals surface area contributed by atoms with Gasteiger partial charge in [0.1, 0.15) is 22.8 Å². The Labute approximate surface area is 159 Å². The number of phenols is 2. The summed E-state index contributed by atoms with van der Waals surface area (Å²) in [5, 5.41) is 19.2. The topological polar surface area (TPSA) is 83.8 Å². The van der Waals surface area contributed by atoms with Crippen molar-refractivity contribution in [3.63, 3.8) is 0 Å². The normalized spacial score (nSPS) is 15.6. The molecule has 3 rings (SSSR count). The number of phenolic OH excluding ortho intramolecular Hbond substituents is 2. The maximum Gasteiger partial charge on any atom is 0.347 e. The van der Waals surface area contributed by atoms with Crippen molar-refractivity contribution >= 4 is 55.8 Å². The van der Waals surface area contributed by atoms with Gasteiger partial charge in [0.25, 0.3) is 0 Å². The summed E-state index contributed by atoms with van der Waals surface area (Å²) in [6.07, 6.45) is 2.04. The van der Waals surface area contributed by atoms with Crippen LogP contribution in [0.5, 0.6) is 11.5 Å². The minimum Gasteiger partial charge on any atom is -0.507 e. The van der Waals surface area contributed by atoms with E-state index in [0.29, 0.717) is 31.9 Å². The van der Waals surface area contributed by atoms with Gasteiger partial charge in [-0.05, 0) is 73.3 Å². The Morgan fingerprint density at radius 1 is 0.960 bits per heavy atom. The highest BCUT2D eigenvalue weighted by Crippen LogP contribution is 2.38. The van der Waals surface area contributed by atoms with Gasteiger partial charge < -0.3 is 14.9 Å². The molecule has 25 heavy (non-hydrogen) atoms. The standard InChI is InChI=1S/C18H10Br2O5/c19-12-5-9(1-3-14(12)22)6-16-17(11(8-21)18(24)25-16)10-2-4-15(23)13(20)7-10/h1-8,22-23H/b16-6-. The number of halogens is 2.